The van der Waals surface area contributed by atoms with Crippen LogP contribution in [-0.4, -0.2) is 0 Å². The summed E-state index contributed by atoms with van der Waals surface area (Å²) in [6.07, 6.45) is 6.21. The first kappa shape index (κ1) is 4.84. The average Bonchev–Trinajstić information content (AvgIpc) is 2.23. The van der Waals surface area contributed by atoms with Gasteiger partial charge in [0.2, 0.25) is 0 Å². The zero-order valence-electron chi connectivity index (χ0n) is 5.56. The SMILES string of the molecule is C[C@H]1C[C@@H]2CC[C@H]1C2. The van der Waals surface area contributed by atoms with Crippen molar-refractivity contribution < 1.29 is 0 Å². The van der Waals surface area contributed by atoms with E-state index in [0.717, 1.165) is 17.8 Å². The van der Waals surface area contributed by atoms with Gasteiger partial charge in [0.1, 0.15) is 0 Å². The van der Waals surface area contributed by atoms with Crippen LogP contribution in [-0.2, 0) is 0 Å². The highest BCUT2D eigenvalue weighted by atomic mass is 14.4. The molecule has 0 aromatic carbocycles. The molecule has 0 aliphatic heterocycles. The van der Waals surface area contributed by atoms with E-state index in [4.69, 9.17) is 0 Å². The molecule has 0 unspecified atom stereocenters. The van der Waals surface area contributed by atoms with Crippen molar-refractivity contribution in [3.63, 3.8) is 0 Å². The summed E-state index contributed by atoms with van der Waals surface area (Å²) in [5, 5.41) is 0. The highest BCUT2D eigenvalue weighted by molar-refractivity contribution is 4.87. The molecule has 0 amide bonds. The van der Waals surface area contributed by atoms with Crippen molar-refractivity contribution in [2.45, 2.75) is 32.6 Å². The van der Waals surface area contributed by atoms with Gasteiger partial charge in [0.25, 0.3) is 0 Å². The fourth-order valence-corrected chi connectivity index (χ4v) is 2.56. The highest BCUT2D eigenvalue weighted by Gasteiger charge is 2.36. The second-order valence-electron chi connectivity index (χ2n) is 3.65. The van der Waals surface area contributed by atoms with Gasteiger partial charge < -0.3 is 0 Å². The molecule has 0 heteroatoms. The van der Waals surface area contributed by atoms with Gasteiger partial charge in [-0.25, -0.2) is 0 Å². The van der Waals surface area contributed by atoms with Crippen LogP contribution in [0.2, 0.25) is 0 Å². The summed E-state index contributed by atoms with van der Waals surface area (Å²) in [7, 11) is 0. The van der Waals surface area contributed by atoms with Gasteiger partial charge in [-0.2, -0.15) is 0 Å². The summed E-state index contributed by atoms with van der Waals surface area (Å²) in [4.78, 5) is 0. The molecule has 2 fully saturated rings. The largest absolute Gasteiger partial charge is 0.0622 e. The molecule has 0 radical (unpaired) electrons. The fraction of sp³-hybridized carbons (Fsp3) is 1.00. The molecule has 0 aromatic rings. The van der Waals surface area contributed by atoms with Crippen LogP contribution < -0.4 is 0 Å². The molecular formula is C8H14. The van der Waals surface area contributed by atoms with Crippen LogP contribution in [0.3, 0.4) is 0 Å². The van der Waals surface area contributed by atoms with E-state index in [2.05, 4.69) is 6.92 Å². The Morgan fingerprint density at radius 1 is 1.12 bits per heavy atom. The van der Waals surface area contributed by atoms with E-state index in [9.17, 15) is 0 Å². The normalized spacial score (nSPS) is 52.9. The van der Waals surface area contributed by atoms with Crippen LogP contribution >= 0.6 is 0 Å². The molecule has 0 N–H and O–H groups in total. The summed E-state index contributed by atoms with van der Waals surface area (Å²) in [6.45, 7) is 2.42. The number of fused-ring (bicyclic) bond motifs is 2. The van der Waals surface area contributed by atoms with Gasteiger partial charge in [-0.05, 0) is 37.0 Å². The lowest BCUT2D eigenvalue weighted by Gasteiger charge is -2.15. The molecule has 46 valence electrons. The molecule has 0 aromatic heterocycles. The Kier molecular flexibility index (Phi) is 0.902. The molecule has 2 rings (SSSR count). The minimum atomic E-state index is 1.08. The molecule has 2 aliphatic rings. The lowest BCUT2D eigenvalue weighted by atomic mass is 9.91. The number of rotatable bonds is 0. The molecule has 8 heavy (non-hydrogen) atoms. The first-order valence-electron chi connectivity index (χ1n) is 3.86. The van der Waals surface area contributed by atoms with Gasteiger partial charge in [0.15, 0.2) is 0 Å². The Morgan fingerprint density at radius 3 is 2.25 bits per heavy atom. The van der Waals surface area contributed by atoms with Crippen molar-refractivity contribution in [1.29, 1.82) is 0 Å². The quantitative estimate of drug-likeness (QED) is 0.449. The van der Waals surface area contributed by atoms with Crippen LogP contribution in [0.25, 0.3) is 0 Å². The van der Waals surface area contributed by atoms with E-state index >= 15 is 0 Å². The third-order valence-electron chi connectivity index (χ3n) is 3.09. The van der Waals surface area contributed by atoms with Crippen LogP contribution in [0.4, 0.5) is 0 Å². The summed E-state index contributed by atoms with van der Waals surface area (Å²) in [6, 6.07) is 0. The third-order valence-corrected chi connectivity index (χ3v) is 3.09. The van der Waals surface area contributed by atoms with E-state index in [1.165, 1.54) is 0 Å². The molecule has 2 bridgehead atoms. The van der Waals surface area contributed by atoms with E-state index in [0.29, 0.717) is 0 Å². The van der Waals surface area contributed by atoms with Crippen molar-refractivity contribution in [1.82, 2.24) is 0 Å². The van der Waals surface area contributed by atoms with E-state index in [-0.39, 0.29) is 0 Å². The maximum Gasteiger partial charge on any atom is -0.0386 e. The minimum absolute atomic E-state index is 1.08. The van der Waals surface area contributed by atoms with Crippen LogP contribution in [0.5, 0.6) is 0 Å². The number of hydrogen-bond donors (Lipinski definition) is 0. The molecule has 0 spiro atoms. The van der Waals surface area contributed by atoms with Crippen LogP contribution in [0.15, 0.2) is 0 Å². The minimum Gasteiger partial charge on any atom is -0.0622 e. The molecule has 0 nitrogen and oxygen atoms in total. The Bertz CT molecular complexity index is 94.2. The topological polar surface area (TPSA) is 0 Å². The Balaban J connectivity index is 2.11. The Morgan fingerprint density at radius 2 is 2.00 bits per heavy atom. The summed E-state index contributed by atoms with van der Waals surface area (Å²) in [5.74, 6) is 3.36. The zero-order valence-corrected chi connectivity index (χ0v) is 5.56. The molecule has 2 saturated carbocycles. The summed E-state index contributed by atoms with van der Waals surface area (Å²) < 4.78 is 0. The van der Waals surface area contributed by atoms with E-state index in [1.807, 2.05) is 0 Å². The van der Waals surface area contributed by atoms with Crippen LogP contribution in [0.1, 0.15) is 32.6 Å². The van der Waals surface area contributed by atoms with Crippen molar-refractivity contribution >= 4 is 0 Å². The van der Waals surface area contributed by atoms with Crippen LogP contribution in [0, 0.1) is 17.8 Å². The van der Waals surface area contributed by atoms with Gasteiger partial charge >= 0.3 is 0 Å². The van der Waals surface area contributed by atoms with E-state index < -0.39 is 0 Å². The number of hydrogen-bond acceptors (Lipinski definition) is 0. The molecule has 0 heterocycles. The van der Waals surface area contributed by atoms with Crippen molar-refractivity contribution in [3.05, 3.63) is 0 Å². The zero-order chi connectivity index (χ0) is 5.56. The standard InChI is InChI=1S/C8H14/c1-6-4-7-2-3-8(6)5-7/h6-8H,2-5H2,1H3/t6-,7-,8-/m0/s1. The predicted molar refractivity (Wildman–Crippen MR) is 34.6 cm³/mol. The average molecular weight is 110 g/mol. The summed E-state index contributed by atoms with van der Waals surface area (Å²) in [5.41, 5.74) is 0. The van der Waals surface area contributed by atoms with E-state index in [1.54, 1.807) is 25.7 Å². The first-order chi connectivity index (χ1) is 3.86. The van der Waals surface area contributed by atoms with Gasteiger partial charge in [-0.1, -0.05) is 13.3 Å². The van der Waals surface area contributed by atoms with Gasteiger partial charge in [-0.3, -0.25) is 0 Å². The van der Waals surface area contributed by atoms with Crippen molar-refractivity contribution in [2.75, 3.05) is 0 Å². The molecule has 2 aliphatic carbocycles. The van der Waals surface area contributed by atoms with Gasteiger partial charge in [0, 0.05) is 0 Å². The lowest BCUT2D eigenvalue weighted by Crippen LogP contribution is -2.04. The fourth-order valence-electron chi connectivity index (χ4n) is 2.56. The first-order valence-corrected chi connectivity index (χ1v) is 3.86. The summed E-state index contributed by atoms with van der Waals surface area (Å²) >= 11 is 0. The molecule has 0 saturated heterocycles. The maximum absolute atomic E-state index is 2.42. The Labute approximate surface area is 51.3 Å². The highest BCUT2D eigenvalue weighted by Crippen LogP contribution is 2.47. The van der Waals surface area contributed by atoms with Gasteiger partial charge in [-0.15, -0.1) is 0 Å². The molecular weight excluding hydrogens is 96.1 g/mol. The maximum atomic E-state index is 2.42. The van der Waals surface area contributed by atoms with Gasteiger partial charge in [0.05, 0.1) is 0 Å². The lowest BCUT2D eigenvalue weighted by molar-refractivity contribution is 0.360. The monoisotopic (exact) mass is 110 g/mol. The second-order valence-corrected chi connectivity index (χ2v) is 3.65. The van der Waals surface area contributed by atoms with Crippen molar-refractivity contribution in [2.24, 2.45) is 17.8 Å². The molecule has 3 atom stereocenters. The predicted octanol–water partition coefficient (Wildman–Crippen LogP) is 2.44. The smallest absolute Gasteiger partial charge is 0.0386 e. The second kappa shape index (κ2) is 1.49. The van der Waals surface area contributed by atoms with Crippen molar-refractivity contribution in [3.8, 4) is 0 Å². The Hall–Kier alpha value is 0. The third kappa shape index (κ3) is 0.519.